The van der Waals surface area contributed by atoms with E-state index in [-0.39, 0.29) is 11.8 Å². The summed E-state index contributed by atoms with van der Waals surface area (Å²) in [6.45, 7) is 4.11. The van der Waals surface area contributed by atoms with Crippen LogP contribution in [0.2, 0.25) is 0 Å². The summed E-state index contributed by atoms with van der Waals surface area (Å²) in [4.78, 5) is 26.8. The Bertz CT molecular complexity index is 1470. The molecule has 5 rings (SSSR count). The smallest absolute Gasteiger partial charge is 0.338 e. The number of rotatable bonds is 5. The first-order valence-corrected chi connectivity index (χ1v) is 14.6. The highest BCUT2D eigenvalue weighted by atomic mass is 127. The Balaban J connectivity index is 1.66. The molecule has 0 heterocycles. The average molecular weight is 728 g/mol. The lowest BCUT2D eigenvalue weighted by atomic mass is 9.70. The molecule has 0 saturated heterocycles. The topological polar surface area (TPSA) is 52.6 Å². The van der Waals surface area contributed by atoms with Gasteiger partial charge in [0.2, 0.25) is 0 Å². The zero-order chi connectivity index (χ0) is 26.8. The second-order valence-electron chi connectivity index (χ2n) is 9.51. The van der Waals surface area contributed by atoms with Gasteiger partial charge in [-0.15, -0.1) is 0 Å². The third-order valence-corrected chi connectivity index (χ3v) is 8.44. The SMILES string of the molecule is Cc1ccc(I)cc1C1c2cc(I)ccc2C(C)C(OC(=O)c2ccccc2)C1OC(=O)c1ccccc1. The van der Waals surface area contributed by atoms with Gasteiger partial charge in [-0.05, 0) is 123 Å². The van der Waals surface area contributed by atoms with Crippen molar-refractivity contribution in [3.05, 3.63) is 138 Å². The highest BCUT2D eigenvalue weighted by Crippen LogP contribution is 2.47. The molecule has 0 fully saturated rings. The third kappa shape index (κ3) is 5.52. The first kappa shape index (κ1) is 26.9. The van der Waals surface area contributed by atoms with Gasteiger partial charge >= 0.3 is 11.9 Å². The van der Waals surface area contributed by atoms with E-state index in [1.165, 1.54) is 0 Å². The highest BCUT2D eigenvalue weighted by molar-refractivity contribution is 14.1. The van der Waals surface area contributed by atoms with Crippen LogP contribution < -0.4 is 0 Å². The number of fused-ring (bicyclic) bond motifs is 1. The van der Waals surface area contributed by atoms with E-state index < -0.39 is 24.1 Å². The summed E-state index contributed by atoms with van der Waals surface area (Å²) in [6, 6.07) is 30.5. The molecule has 0 aromatic heterocycles. The van der Waals surface area contributed by atoms with Crippen LogP contribution in [0.25, 0.3) is 0 Å². The number of halogens is 2. The normalized spacial score (nSPS) is 20.3. The van der Waals surface area contributed by atoms with Crippen molar-refractivity contribution in [1.82, 2.24) is 0 Å². The van der Waals surface area contributed by atoms with Crippen molar-refractivity contribution >= 4 is 57.1 Å². The van der Waals surface area contributed by atoms with Crippen molar-refractivity contribution in [2.45, 2.75) is 37.9 Å². The fourth-order valence-electron chi connectivity index (χ4n) is 5.18. The van der Waals surface area contributed by atoms with Crippen LogP contribution in [0, 0.1) is 14.1 Å². The minimum atomic E-state index is -0.729. The Morgan fingerprint density at radius 2 is 1.13 bits per heavy atom. The summed E-state index contributed by atoms with van der Waals surface area (Å²) >= 11 is 4.63. The van der Waals surface area contributed by atoms with Gasteiger partial charge in [0, 0.05) is 13.1 Å². The maximum Gasteiger partial charge on any atom is 0.338 e. The predicted molar refractivity (Wildman–Crippen MR) is 165 cm³/mol. The van der Waals surface area contributed by atoms with Crippen molar-refractivity contribution in [2.75, 3.05) is 0 Å². The molecule has 6 heteroatoms. The van der Waals surface area contributed by atoms with Crippen LogP contribution in [-0.2, 0) is 9.47 Å². The van der Waals surface area contributed by atoms with Crippen molar-refractivity contribution in [3.8, 4) is 0 Å². The molecule has 0 radical (unpaired) electrons. The van der Waals surface area contributed by atoms with E-state index in [9.17, 15) is 9.59 Å². The molecular formula is C32H26I2O4. The van der Waals surface area contributed by atoms with E-state index in [4.69, 9.17) is 9.47 Å². The minimum absolute atomic E-state index is 0.192. The van der Waals surface area contributed by atoms with Crippen molar-refractivity contribution in [1.29, 1.82) is 0 Å². The van der Waals surface area contributed by atoms with Crippen LogP contribution in [0.15, 0.2) is 97.1 Å². The van der Waals surface area contributed by atoms with E-state index in [0.717, 1.165) is 29.4 Å². The van der Waals surface area contributed by atoms with Crippen molar-refractivity contribution < 1.29 is 19.1 Å². The molecule has 0 amide bonds. The number of ether oxygens (including phenoxy) is 2. The highest BCUT2D eigenvalue weighted by Gasteiger charge is 2.47. The summed E-state index contributed by atoms with van der Waals surface area (Å²) in [5, 5.41) is 0. The molecule has 4 unspecified atom stereocenters. The lowest BCUT2D eigenvalue weighted by Gasteiger charge is -2.42. The zero-order valence-corrected chi connectivity index (χ0v) is 25.3. The monoisotopic (exact) mass is 728 g/mol. The Morgan fingerprint density at radius 1 is 0.632 bits per heavy atom. The van der Waals surface area contributed by atoms with Gasteiger partial charge in [0.1, 0.15) is 6.10 Å². The molecule has 0 saturated carbocycles. The van der Waals surface area contributed by atoms with Gasteiger partial charge in [-0.1, -0.05) is 55.5 Å². The quantitative estimate of drug-likeness (QED) is 0.155. The van der Waals surface area contributed by atoms with E-state index in [1.54, 1.807) is 24.3 Å². The largest absolute Gasteiger partial charge is 0.454 e. The van der Waals surface area contributed by atoms with Crippen LogP contribution in [0.5, 0.6) is 0 Å². The number of hydrogen-bond donors (Lipinski definition) is 0. The van der Waals surface area contributed by atoms with Crippen LogP contribution in [0.3, 0.4) is 0 Å². The molecule has 1 aliphatic rings. The Kier molecular flexibility index (Phi) is 8.18. The summed E-state index contributed by atoms with van der Waals surface area (Å²) in [5.74, 6) is -1.38. The number of benzene rings is 4. The summed E-state index contributed by atoms with van der Waals surface area (Å²) in [7, 11) is 0. The second-order valence-corrected chi connectivity index (χ2v) is 12.0. The zero-order valence-electron chi connectivity index (χ0n) is 20.9. The Hall–Kier alpha value is -2.72. The van der Waals surface area contributed by atoms with Crippen LogP contribution in [0.1, 0.15) is 61.7 Å². The third-order valence-electron chi connectivity index (χ3n) is 7.10. The second kappa shape index (κ2) is 11.6. The molecule has 192 valence electrons. The molecular weight excluding hydrogens is 702 g/mol. The minimum Gasteiger partial charge on any atom is -0.454 e. The molecule has 0 bridgehead atoms. The van der Waals surface area contributed by atoms with Gasteiger partial charge in [0.25, 0.3) is 0 Å². The van der Waals surface area contributed by atoms with Crippen LogP contribution >= 0.6 is 45.2 Å². The van der Waals surface area contributed by atoms with Crippen molar-refractivity contribution in [3.63, 3.8) is 0 Å². The molecule has 4 nitrogen and oxygen atoms in total. The average Bonchev–Trinajstić information content (AvgIpc) is 2.93. The fourth-order valence-corrected chi connectivity index (χ4v) is 6.22. The lowest BCUT2D eigenvalue weighted by Crippen LogP contribution is -2.47. The van der Waals surface area contributed by atoms with E-state index >= 15 is 0 Å². The number of hydrogen-bond acceptors (Lipinski definition) is 4. The summed E-state index contributed by atoms with van der Waals surface area (Å²) < 4.78 is 14.7. The van der Waals surface area contributed by atoms with Gasteiger partial charge < -0.3 is 9.47 Å². The summed E-state index contributed by atoms with van der Waals surface area (Å²) in [6.07, 6.45) is -1.42. The molecule has 1 aliphatic carbocycles. The van der Waals surface area contributed by atoms with Gasteiger partial charge in [0.05, 0.1) is 17.0 Å². The predicted octanol–water partition coefficient (Wildman–Crippen LogP) is 7.90. The van der Waals surface area contributed by atoms with Gasteiger partial charge in [-0.25, -0.2) is 9.59 Å². The molecule has 4 atom stereocenters. The van der Waals surface area contributed by atoms with Gasteiger partial charge in [-0.3, -0.25) is 0 Å². The van der Waals surface area contributed by atoms with E-state index in [1.807, 2.05) is 43.3 Å². The number of aryl methyl sites for hydroxylation is 1. The molecule has 4 aromatic rings. The first-order chi connectivity index (χ1) is 18.3. The van der Waals surface area contributed by atoms with E-state index in [0.29, 0.717) is 11.1 Å². The Morgan fingerprint density at radius 3 is 1.71 bits per heavy atom. The summed E-state index contributed by atoms with van der Waals surface area (Å²) in [5.41, 5.74) is 5.24. The van der Waals surface area contributed by atoms with Gasteiger partial charge in [0.15, 0.2) is 6.10 Å². The molecule has 0 spiro atoms. The standard InChI is InChI=1S/C32H26I2O4/c1-19-13-14-23(33)17-26(19)28-27-18-24(34)15-16-25(27)20(2)29(37-31(35)21-9-5-3-6-10-21)30(28)38-32(36)22-11-7-4-8-12-22/h3-18,20,28-30H,1-2H3. The van der Waals surface area contributed by atoms with Crippen molar-refractivity contribution in [2.24, 2.45) is 0 Å². The molecule has 0 N–H and O–H groups in total. The molecule has 0 aliphatic heterocycles. The van der Waals surface area contributed by atoms with Crippen LogP contribution in [0.4, 0.5) is 0 Å². The maximum absolute atomic E-state index is 13.5. The number of carbonyl (C=O) groups is 2. The maximum atomic E-state index is 13.5. The molecule has 38 heavy (non-hydrogen) atoms. The van der Waals surface area contributed by atoms with E-state index in [2.05, 4.69) is 88.5 Å². The number of carbonyl (C=O) groups excluding carboxylic acids is 2. The molecule has 4 aromatic carbocycles. The van der Waals surface area contributed by atoms with Crippen LogP contribution in [-0.4, -0.2) is 24.1 Å². The lowest BCUT2D eigenvalue weighted by molar-refractivity contribution is -0.0532. The fraction of sp³-hybridized carbons (Fsp3) is 0.188. The van der Waals surface area contributed by atoms with Gasteiger partial charge in [-0.2, -0.15) is 0 Å². The first-order valence-electron chi connectivity index (χ1n) is 12.4. The number of esters is 2. The Labute approximate surface area is 250 Å².